The van der Waals surface area contributed by atoms with Crippen molar-refractivity contribution in [3.63, 3.8) is 0 Å². The van der Waals surface area contributed by atoms with E-state index in [2.05, 4.69) is 73.7 Å². The van der Waals surface area contributed by atoms with Crippen LogP contribution in [0.4, 0.5) is 9.59 Å². The van der Waals surface area contributed by atoms with Crippen molar-refractivity contribution in [1.29, 1.82) is 0 Å². The number of aliphatic hydroxyl groups is 2. The average molecular weight is 690 g/mol. The van der Waals surface area contributed by atoms with Gasteiger partial charge in [0, 0.05) is 47.3 Å². The maximum atomic E-state index is 11.8. The monoisotopic (exact) mass is 688 g/mol. The van der Waals surface area contributed by atoms with E-state index in [1.807, 2.05) is 0 Å². The van der Waals surface area contributed by atoms with Crippen molar-refractivity contribution in [2.45, 2.75) is 49.0 Å². The van der Waals surface area contributed by atoms with Crippen LogP contribution in [0.3, 0.4) is 0 Å². The lowest BCUT2D eigenvalue weighted by atomic mass is 10.1. The molecular weight excluding hydrogens is 664 g/mol. The van der Waals surface area contributed by atoms with Gasteiger partial charge in [-0.1, -0.05) is 0 Å². The Balaban J connectivity index is 0.000000161. The van der Waals surface area contributed by atoms with E-state index < -0.39 is 36.0 Å². The van der Waals surface area contributed by atoms with Crippen LogP contribution in [0.5, 0.6) is 0 Å². The van der Waals surface area contributed by atoms with Crippen LogP contribution in [0, 0.1) is 0 Å². The van der Waals surface area contributed by atoms with Crippen LogP contribution in [0.15, 0.2) is 33.5 Å². The molecule has 0 saturated carbocycles. The number of halogens is 2. The number of ether oxygens (including phenoxy) is 2. The van der Waals surface area contributed by atoms with E-state index >= 15 is 0 Å². The van der Waals surface area contributed by atoms with Gasteiger partial charge in [0.05, 0.1) is 12.2 Å². The third-order valence-electron chi connectivity index (χ3n) is 6.55. The van der Waals surface area contributed by atoms with E-state index in [-0.39, 0.29) is 50.0 Å². The van der Waals surface area contributed by atoms with Crippen molar-refractivity contribution in [3.05, 3.63) is 44.9 Å². The number of hydrogen-bond acceptors (Lipinski definition) is 8. The summed E-state index contributed by atoms with van der Waals surface area (Å²) in [6.45, 7) is 0.484. The minimum Gasteiger partial charge on any atom is -0.367 e. The molecule has 40 heavy (non-hydrogen) atoms. The first-order valence-corrected chi connectivity index (χ1v) is 13.7. The predicted molar refractivity (Wildman–Crippen MR) is 141 cm³/mol. The molecule has 6 heterocycles. The molecule has 2 aromatic rings. The fourth-order valence-electron chi connectivity index (χ4n) is 4.70. The molecule has 0 unspecified atom stereocenters. The van der Waals surface area contributed by atoms with Crippen LogP contribution < -0.4 is 31.9 Å². The standard InChI is InChI=1S/2C11H13BrN4O4/c2*12-5-1-7(13-3-5)8(17)14-4-6-2-11(19)9(20-6)15-10(18)16-11/h2*1,3,6,9,13,19H,2,4H2,(H,14,17)(H2,15,16,18)/t6-,9+,11+;6-,9-,11-/m00/s1. The number of H-pyrrole nitrogens is 2. The van der Waals surface area contributed by atoms with Crippen molar-refractivity contribution >= 4 is 55.7 Å². The number of amides is 6. The third kappa shape index (κ3) is 6.11. The first-order valence-electron chi connectivity index (χ1n) is 12.1. The van der Waals surface area contributed by atoms with Gasteiger partial charge in [-0.05, 0) is 44.0 Å². The summed E-state index contributed by atoms with van der Waals surface area (Å²) in [6.07, 6.45) is 1.44. The van der Waals surface area contributed by atoms with E-state index in [1.54, 1.807) is 24.5 Å². The third-order valence-corrected chi connectivity index (χ3v) is 7.47. The Morgan fingerprint density at radius 2 is 1.23 bits per heavy atom. The van der Waals surface area contributed by atoms with Gasteiger partial charge >= 0.3 is 12.1 Å². The number of aromatic nitrogens is 2. The molecule has 2 aromatic heterocycles. The molecule has 4 aliphatic rings. The average Bonchev–Trinajstić information content (AvgIpc) is 3.69. The zero-order valence-corrected chi connectivity index (χ0v) is 23.7. The van der Waals surface area contributed by atoms with Crippen molar-refractivity contribution in [1.82, 2.24) is 41.9 Å². The molecule has 0 aromatic carbocycles. The molecular formula is C22H26Br2N8O8. The molecule has 18 heteroatoms. The molecule has 6 atom stereocenters. The lowest BCUT2D eigenvalue weighted by Crippen LogP contribution is -2.46. The van der Waals surface area contributed by atoms with Gasteiger partial charge in [0.25, 0.3) is 11.8 Å². The summed E-state index contributed by atoms with van der Waals surface area (Å²) in [7, 11) is 0. The summed E-state index contributed by atoms with van der Waals surface area (Å²) < 4.78 is 12.5. The van der Waals surface area contributed by atoms with Crippen LogP contribution >= 0.6 is 31.9 Å². The molecule has 6 rings (SSSR count). The second-order valence-corrected chi connectivity index (χ2v) is 11.4. The van der Waals surface area contributed by atoms with Crippen molar-refractivity contribution < 1.29 is 38.9 Å². The van der Waals surface area contributed by atoms with Gasteiger partial charge in [0.15, 0.2) is 23.9 Å². The number of hydrogen-bond donors (Lipinski definition) is 10. The molecule has 6 amide bonds. The van der Waals surface area contributed by atoms with Crippen LogP contribution in [0.25, 0.3) is 0 Å². The largest absolute Gasteiger partial charge is 0.367 e. The molecule has 4 saturated heterocycles. The smallest absolute Gasteiger partial charge is 0.319 e. The van der Waals surface area contributed by atoms with E-state index in [9.17, 15) is 29.4 Å². The number of aromatic amines is 2. The van der Waals surface area contributed by atoms with E-state index in [1.165, 1.54) is 0 Å². The topological polar surface area (TPSA) is 231 Å². The Morgan fingerprint density at radius 1 is 0.825 bits per heavy atom. The zero-order valence-electron chi connectivity index (χ0n) is 20.5. The lowest BCUT2D eigenvalue weighted by molar-refractivity contribution is -0.0458. The highest BCUT2D eigenvalue weighted by Gasteiger charge is 2.54. The van der Waals surface area contributed by atoms with Gasteiger partial charge in [-0.25, -0.2) is 9.59 Å². The highest BCUT2D eigenvalue weighted by Crippen LogP contribution is 2.30. The van der Waals surface area contributed by atoms with E-state index in [0.717, 1.165) is 8.95 Å². The molecule has 4 aliphatic heterocycles. The van der Waals surface area contributed by atoms with Gasteiger partial charge in [-0.2, -0.15) is 0 Å². The number of fused-ring (bicyclic) bond motifs is 2. The summed E-state index contributed by atoms with van der Waals surface area (Å²) in [6, 6.07) is 2.40. The summed E-state index contributed by atoms with van der Waals surface area (Å²) in [5.74, 6) is -0.527. The maximum Gasteiger partial charge on any atom is 0.319 e. The molecule has 10 N–H and O–H groups in total. The fraction of sp³-hybridized carbons (Fsp3) is 0.455. The summed E-state index contributed by atoms with van der Waals surface area (Å²) in [5, 5.41) is 35.4. The second-order valence-electron chi connectivity index (χ2n) is 9.61. The normalized spacial score (nSPS) is 31.6. The number of urea groups is 2. The van der Waals surface area contributed by atoms with Gasteiger partial charge in [-0.3, -0.25) is 9.59 Å². The molecule has 216 valence electrons. The highest BCUT2D eigenvalue weighted by molar-refractivity contribution is 9.10. The maximum absolute atomic E-state index is 11.8. The van der Waals surface area contributed by atoms with Gasteiger partial charge < -0.3 is 61.6 Å². The first kappa shape index (κ1) is 28.4. The minimum atomic E-state index is -1.40. The molecule has 0 spiro atoms. The SMILES string of the molecule is O=C1N[C@@H]2O[C@H](CNC(=O)c3cc(Br)c[nH]3)C[C@]2(O)N1.O=C1N[C@H]2O[C@H](CNC(=O)c3cc(Br)c[nH]3)C[C@@]2(O)N1. The van der Waals surface area contributed by atoms with E-state index in [4.69, 9.17) is 9.47 Å². The van der Waals surface area contributed by atoms with Crippen LogP contribution in [0.1, 0.15) is 33.8 Å². The zero-order chi connectivity index (χ0) is 28.7. The molecule has 0 bridgehead atoms. The predicted octanol–water partition coefficient (Wildman–Crippen LogP) is -0.753. The number of rotatable bonds is 6. The van der Waals surface area contributed by atoms with Gasteiger partial charge in [-0.15, -0.1) is 0 Å². The van der Waals surface area contributed by atoms with Crippen LogP contribution in [-0.4, -0.2) is 93.3 Å². The number of nitrogens with one attached hydrogen (secondary N) is 8. The Bertz CT molecular complexity index is 1220. The molecule has 4 fully saturated rings. The van der Waals surface area contributed by atoms with Crippen molar-refractivity contribution in [2.24, 2.45) is 0 Å². The summed E-state index contributed by atoms with van der Waals surface area (Å²) in [4.78, 5) is 51.4. The van der Waals surface area contributed by atoms with Crippen molar-refractivity contribution in [3.8, 4) is 0 Å². The highest BCUT2D eigenvalue weighted by atomic mass is 79.9. The van der Waals surface area contributed by atoms with Crippen LogP contribution in [-0.2, 0) is 9.47 Å². The summed E-state index contributed by atoms with van der Waals surface area (Å²) in [5.41, 5.74) is -1.94. The molecule has 16 nitrogen and oxygen atoms in total. The van der Waals surface area contributed by atoms with Crippen molar-refractivity contribution in [2.75, 3.05) is 13.1 Å². The fourth-order valence-corrected chi connectivity index (χ4v) is 5.39. The quantitative estimate of drug-likeness (QED) is 0.185. The second kappa shape index (κ2) is 11.0. The Morgan fingerprint density at radius 3 is 1.55 bits per heavy atom. The van der Waals surface area contributed by atoms with Gasteiger partial charge in [0.2, 0.25) is 0 Å². The molecule has 0 aliphatic carbocycles. The Labute approximate surface area is 242 Å². The Kier molecular flexibility index (Phi) is 7.81. The van der Waals surface area contributed by atoms with Gasteiger partial charge in [0.1, 0.15) is 11.4 Å². The minimum absolute atomic E-state index is 0.213. The summed E-state index contributed by atoms with van der Waals surface area (Å²) >= 11 is 6.49. The Hall–Kier alpha value is -3.16. The number of carbonyl (C=O) groups is 4. The van der Waals surface area contributed by atoms with E-state index in [0.29, 0.717) is 11.4 Å². The molecule has 0 radical (unpaired) electrons. The lowest BCUT2D eigenvalue weighted by Gasteiger charge is -2.17. The number of carbonyl (C=O) groups excluding carboxylic acids is 4. The van der Waals surface area contributed by atoms with Crippen LogP contribution in [0.2, 0.25) is 0 Å². The first-order chi connectivity index (χ1) is 18.9.